The van der Waals surface area contributed by atoms with Crippen molar-refractivity contribution in [3.05, 3.63) is 84.9 Å². The molecule has 0 unspecified atom stereocenters. The van der Waals surface area contributed by atoms with Crippen molar-refractivity contribution in [1.82, 2.24) is 0 Å². The Kier molecular flexibility index (Phi) is 4.58. The van der Waals surface area contributed by atoms with Gasteiger partial charge in [-0.25, -0.2) is 0 Å². The van der Waals surface area contributed by atoms with Crippen LogP contribution in [0, 0.1) is 0 Å². The van der Waals surface area contributed by atoms with Crippen molar-refractivity contribution in [1.29, 1.82) is 0 Å². The number of hydrogen-bond acceptors (Lipinski definition) is 1. The fourth-order valence-electron chi connectivity index (χ4n) is 2.70. The van der Waals surface area contributed by atoms with E-state index in [4.69, 9.17) is 0 Å². The highest BCUT2D eigenvalue weighted by Crippen LogP contribution is 2.24. The fourth-order valence-corrected chi connectivity index (χ4v) is 2.70. The van der Waals surface area contributed by atoms with E-state index in [0.29, 0.717) is 0 Å². The second kappa shape index (κ2) is 6.97. The van der Waals surface area contributed by atoms with Crippen molar-refractivity contribution in [3.63, 3.8) is 0 Å². The van der Waals surface area contributed by atoms with Gasteiger partial charge in [-0.2, -0.15) is 0 Å². The van der Waals surface area contributed by atoms with E-state index in [0.717, 1.165) is 11.4 Å². The minimum absolute atomic E-state index is 1.11. The van der Waals surface area contributed by atoms with E-state index < -0.39 is 0 Å². The lowest BCUT2D eigenvalue weighted by atomic mass is 10.1. The molecule has 114 valence electrons. The maximum absolute atomic E-state index is 3.49. The van der Waals surface area contributed by atoms with Crippen molar-refractivity contribution in [2.45, 2.75) is 13.8 Å². The SMILES string of the molecule is CC.c1ccc2cc(Nc3ccc4ccccc4c3)ccc2c1. The molecule has 4 rings (SSSR count). The van der Waals surface area contributed by atoms with E-state index >= 15 is 0 Å². The van der Waals surface area contributed by atoms with Gasteiger partial charge in [-0.3, -0.25) is 0 Å². The summed E-state index contributed by atoms with van der Waals surface area (Å²) in [6.07, 6.45) is 0. The minimum Gasteiger partial charge on any atom is -0.355 e. The largest absolute Gasteiger partial charge is 0.355 e. The summed E-state index contributed by atoms with van der Waals surface area (Å²) in [5.41, 5.74) is 2.23. The number of benzene rings is 4. The van der Waals surface area contributed by atoms with Crippen LogP contribution in [0.5, 0.6) is 0 Å². The first kappa shape index (κ1) is 15.1. The van der Waals surface area contributed by atoms with Gasteiger partial charge in [-0.15, -0.1) is 0 Å². The Balaban J connectivity index is 0.000000753. The molecule has 0 aliphatic heterocycles. The van der Waals surface area contributed by atoms with Crippen LogP contribution in [-0.2, 0) is 0 Å². The molecular formula is C22H21N. The summed E-state index contributed by atoms with van der Waals surface area (Å²) in [5, 5.41) is 8.52. The average Bonchev–Trinajstić information content (AvgIpc) is 2.63. The Morgan fingerprint density at radius 2 is 0.870 bits per heavy atom. The zero-order valence-corrected chi connectivity index (χ0v) is 13.6. The van der Waals surface area contributed by atoms with Gasteiger partial charge in [0, 0.05) is 11.4 Å². The molecule has 1 heteroatoms. The molecule has 0 aromatic heterocycles. The number of hydrogen-bond donors (Lipinski definition) is 1. The first-order valence-corrected chi connectivity index (χ1v) is 8.13. The van der Waals surface area contributed by atoms with E-state index in [9.17, 15) is 0 Å². The van der Waals surface area contributed by atoms with Crippen molar-refractivity contribution < 1.29 is 0 Å². The van der Waals surface area contributed by atoms with Crippen LogP contribution in [-0.4, -0.2) is 0 Å². The zero-order valence-electron chi connectivity index (χ0n) is 13.6. The van der Waals surface area contributed by atoms with Crippen molar-refractivity contribution in [2.24, 2.45) is 0 Å². The maximum atomic E-state index is 3.49. The molecule has 0 bridgehead atoms. The molecular weight excluding hydrogens is 278 g/mol. The quantitative estimate of drug-likeness (QED) is 0.431. The lowest BCUT2D eigenvalue weighted by Crippen LogP contribution is -1.90. The molecule has 1 nitrogen and oxygen atoms in total. The molecule has 0 aliphatic rings. The third-order valence-electron chi connectivity index (χ3n) is 3.79. The Labute approximate surface area is 137 Å². The summed E-state index contributed by atoms with van der Waals surface area (Å²) in [5.74, 6) is 0. The lowest BCUT2D eigenvalue weighted by Gasteiger charge is -2.09. The van der Waals surface area contributed by atoms with Gasteiger partial charge in [0.05, 0.1) is 0 Å². The topological polar surface area (TPSA) is 12.0 Å². The maximum Gasteiger partial charge on any atom is 0.0390 e. The summed E-state index contributed by atoms with van der Waals surface area (Å²) in [6, 6.07) is 29.7. The first-order chi connectivity index (χ1) is 11.4. The Hall–Kier alpha value is -2.80. The molecule has 0 spiro atoms. The summed E-state index contributed by atoms with van der Waals surface area (Å²) >= 11 is 0. The van der Waals surface area contributed by atoms with Crippen LogP contribution in [0.3, 0.4) is 0 Å². The number of fused-ring (bicyclic) bond motifs is 2. The molecule has 0 saturated heterocycles. The van der Waals surface area contributed by atoms with Crippen molar-refractivity contribution in [3.8, 4) is 0 Å². The van der Waals surface area contributed by atoms with Crippen molar-refractivity contribution >= 4 is 32.9 Å². The molecule has 0 saturated carbocycles. The average molecular weight is 299 g/mol. The van der Waals surface area contributed by atoms with Gasteiger partial charge in [-0.1, -0.05) is 74.5 Å². The standard InChI is InChI=1S/C20H15N.C2H6/c1-3-7-17-13-19(11-9-15(17)5-1)21-20-12-10-16-6-2-4-8-18(16)14-20;1-2/h1-14,21H;1-2H3. The van der Waals surface area contributed by atoms with Crippen molar-refractivity contribution in [2.75, 3.05) is 5.32 Å². The zero-order chi connectivity index (χ0) is 16.1. The van der Waals surface area contributed by atoms with Gasteiger partial charge < -0.3 is 5.32 Å². The van der Waals surface area contributed by atoms with E-state index in [1.807, 2.05) is 13.8 Å². The van der Waals surface area contributed by atoms with Crippen LogP contribution in [0.25, 0.3) is 21.5 Å². The predicted molar refractivity (Wildman–Crippen MR) is 103 cm³/mol. The number of rotatable bonds is 2. The molecule has 4 aromatic rings. The molecule has 23 heavy (non-hydrogen) atoms. The third kappa shape index (κ3) is 3.35. The Morgan fingerprint density at radius 3 is 1.30 bits per heavy atom. The smallest absolute Gasteiger partial charge is 0.0390 e. The van der Waals surface area contributed by atoms with Crippen LogP contribution < -0.4 is 5.32 Å². The normalized spacial score (nSPS) is 10.2. The van der Waals surface area contributed by atoms with Gasteiger partial charge in [-0.05, 0) is 45.8 Å². The van der Waals surface area contributed by atoms with Gasteiger partial charge in [0.25, 0.3) is 0 Å². The summed E-state index contributed by atoms with van der Waals surface area (Å²) in [6.45, 7) is 4.00. The van der Waals surface area contributed by atoms with E-state index in [-0.39, 0.29) is 0 Å². The Morgan fingerprint density at radius 1 is 0.478 bits per heavy atom. The number of nitrogens with one attached hydrogen (secondary N) is 1. The monoisotopic (exact) mass is 299 g/mol. The first-order valence-electron chi connectivity index (χ1n) is 8.13. The third-order valence-corrected chi connectivity index (χ3v) is 3.79. The molecule has 1 N–H and O–H groups in total. The molecule has 0 amide bonds. The number of anilines is 2. The summed E-state index contributed by atoms with van der Waals surface area (Å²) in [4.78, 5) is 0. The molecule has 0 atom stereocenters. The highest BCUT2D eigenvalue weighted by molar-refractivity contribution is 5.89. The van der Waals surface area contributed by atoms with Crippen LogP contribution in [0.2, 0.25) is 0 Å². The van der Waals surface area contributed by atoms with Gasteiger partial charge in [0.2, 0.25) is 0 Å². The fraction of sp³-hybridized carbons (Fsp3) is 0.0909. The molecule has 0 heterocycles. The Bertz CT molecular complexity index is 848. The van der Waals surface area contributed by atoms with E-state index in [1.54, 1.807) is 0 Å². The van der Waals surface area contributed by atoms with Crippen LogP contribution >= 0.6 is 0 Å². The highest BCUT2D eigenvalue weighted by Gasteiger charge is 1.99. The molecule has 4 aromatic carbocycles. The second-order valence-electron chi connectivity index (χ2n) is 5.25. The van der Waals surface area contributed by atoms with E-state index in [1.165, 1.54) is 21.5 Å². The van der Waals surface area contributed by atoms with E-state index in [2.05, 4.69) is 90.2 Å². The van der Waals surface area contributed by atoms with Crippen LogP contribution in [0.1, 0.15) is 13.8 Å². The molecule has 0 aliphatic carbocycles. The van der Waals surface area contributed by atoms with Crippen LogP contribution in [0.4, 0.5) is 11.4 Å². The molecule has 0 fully saturated rings. The summed E-state index contributed by atoms with van der Waals surface area (Å²) in [7, 11) is 0. The van der Waals surface area contributed by atoms with Gasteiger partial charge >= 0.3 is 0 Å². The van der Waals surface area contributed by atoms with Crippen LogP contribution in [0.15, 0.2) is 84.9 Å². The summed E-state index contributed by atoms with van der Waals surface area (Å²) < 4.78 is 0. The lowest BCUT2D eigenvalue weighted by molar-refractivity contribution is 1.50. The van der Waals surface area contributed by atoms with Gasteiger partial charge in [0.1, 0.15) is 0 Å². The minimum atomic E-state index is 1.11. The van der Waals surface area contributed by atoms with Gasteiger partial charge in [0.15, 0.2) is 0 Å². The molecule has 0 radical (unpaired) electrons. The highest BCUT2D eigenvalue weighted by atomic mass is 14.9. The second-order valence-corrected chi connectivity index (χ2v) is 5.25. The predicted octanol–water partition coefficient (Wildman–Crippen LogP) is 6.76.